The van der Waals surface area contributed by atoms with Gasteiger partial charge in [0.25, 0.3) is 0 Å². The number of nitrogens with zero attached hydrogens (tertiary/aromatic N) is 3. The van der Waals surface area contributed by atoms with Crippen molar-refractivity contribution in [2.75, 3.05) is 19.6 Å². The minimum Gasteiger partial charge on any atom is -0.338 e. The Morgan fingerprint density at radius 2 is 2.19 bits per heavy atom. The number of rotatable bonds is 3. The van der Waals surface area contributed by atoms with E-state index in [1.165, 1.54) is 17.7 Å². The van der Waals surface area contributed by atoms with E-state index in [9.17, 15) is 4.79 Å². The molecule has 0 bridgehead atoms. The molecule has 0 aromatic carbocycles. The Morgan fingerprint density at radius 3 is 2.86 bits per heavy atom. The van der Waals surface area contributed by atoms with Crippen LogP contribution in [0.25, 0.3) is 0 Å². The molecular weight excluding hydrogens is 264 g/mol. The number of urea groups is 1. The Morgan fingerprint density at radius 1 is 1.43 bits per heavy atom. The van der Waals surface area contributed by atoms with Crippen LogP contribution in [0.3, 0.4) is 0 Å². The van der Waals surface area contributed by atoms with Crippen molar-refractivity contribution < 1.29 is 4.79 Å². The number of hydrogen-bond acceptors (Lipinski definition) is 2. The molecule has 1 fully saturated rings. The van der Waals surface area contributed by atoms with Crippen LogP contribution in [-0.2, 0) is 13.5 Å². The van der Waals surface area contributed by atoms with Gasteiger partial charge in [0.2, 0.25) is 0 Å². The number of aromatic nitrogens is 2. The highest BCUT2D eigenvalue weighted by molar-refractivity contribution is 5.74. The van der Waals surface area contributed by atoms with E-state index in [0.29, 0.717) is 12.5 Å². The van der Waals surface area contributed by atoms with Crippen LogP contribution >= 0.6 is 0 Å². The van der Waals surface area contributed by atoms with Crippen LogP contribution in [0.15, 0.2) is 6.20 Å². The second-order valence-corrected chi connectivity index (χ2v) is 6.54. The van der Waals surface area contributed by atoms with Gasteiger partial charge in [-0.05, 0) is 43.6 Å². The molecular formula is C16H28N4O. The van der Waals surface area contributed by atoms with Crippen molar-refractivity contribution in [3.63, 3.8) is 0 Å². The molecule has 1 N–H and O–H groups in total. The highest BCUT2D eigenvalue weighted by Gasteiger charge is 2.22. The van der Waals surface area contributed by atoms with Crippen molar-refractivity contribution >= 4 is 6.03 Å². The maximum absolute atomic E-state index is 12.3. The van der Waals surface area contributed by atoms with Crippen molar-refractivity contribution in [1.29, 1.82) is 0 Å². The molecule has 118 valence electrons. The zero-order valence-corrected chi connectivity index (χ0v) is 13.7. The standard InChI is InChI=1S/C16H28N4O/c1-12-6-8-20(11-13(2)9-12)16(21)17-7-5-15-10-18-19(4)14(15)3/h10,12-13H,5-9,11H2,1-4H3,(H,17,21). The van der Waals surface area contributed by atoms with Crippen LogP contribution < -0.4 is 5.32 Å². The maximum Gasteiger partial charge on any atom is 0.317 e. The zero-order chi connectivity index (χ0) is 15.4. The average Bonchev–Trinajstić information content (AvgIpc) is 2.65. The average molecular weight is 292 g/mol. The van der Waals surface area contributed by atoms with Gasteiger partial charge in [0.15, 0.2) is 0 Å². The molecule has 2 unspecified atom stereocenters. The third kappa shape index (κ3) is 4.22. The molecule has 0 spiro atoms. The Bertz CT molecular complexity index is 483. The van der Waals surface area contributed by atoms with Gasteiger partial charge in [0.1, 0.15) is 0 Å². The highest BCUT2D eigenvalue weighted by atomic mass is 16.2. The predicted molar refractivity (Wildman–Crippen MR) is 84.2 cm³/mol. The van der Waals surface area contributed by atoms with Gasteiger partial charge in [-0.2, -0.15) is 5.10 Å². The molecule has 1 saturated heterocycles. The quantitative estimate of drug-likeness (QED) is 0.929. The molecule has 5 nitrogen and oxygen atoms in total. The van der Waals surface area contributed by atoms with Crippen molar-refractivity contribution in [2.45, 2.75) is 40.0 Å². The molecule has 2 atom stereocenters. The summed E-state index contributed by atoms with van der Waals surface area (Å²) >= 11 is 0. The molecule has 2 amide bonds. The lowest BCUT2D eigenvalue weighted by Gasteiger charge is -2.23. The summed E-state index contributed by atoms with van der Waals surface area (Å²) in [6.07, 6.45) is 5.06. The third-order valence-electron chi connectivity index (χ3n) is 4.52. The summed E-state index contributed by atoms with van der Waals surface area (Å²) in [6.45, 7) is 9.00. The molecule has 5 heteroatoms. The molecule has 1 aliphatic rings. The Hall–Kier alpha value is -1.52. The summed E-state index contributed by atoms with van der Waals surface area (Å²) in [7, 11) is 1.94. The summed E-state index contributed by atoms with van der Waals surface area (Å²) in [5, 5.41) is 7.28. The number of amides is 2. The smallest absolute Gasteiger partial charge is 0.317 e. The van der Waals surface area contributed by atoms with Gasteiger partial charge in [-0.3, -0.25) is 4.68 Å². The first-order valence-electron chi connectivity index (χ1n) is 7.97. The minimum absolute atomic E-state index is 0.0810. The molecule has 1 aromatic rings. The molecule has 21 heavy (non-hydrogen) atoms. The lowest BCUT2D eigenvalue weighted by atomic mass is 9.97. The third-order valence-corrected chi connectivity index (χ3v) is 4.52. The van der Waals surface area contributed by atoms with E-state index in [0.717, 1.165) is 31.8 Å². The van der Waals surface area contributed by atoms with Crippen LogP contribution in [0.4, 0.5) is 4.79 Å². The maximum atomic E-state index is 12.3. The molecule has 1 aliphatic heterocycles. The van der Waals surface area contributed by atoms with Gasteiger partial charge in [-0.15, -0.1) is 0 Å². The van der Waals surface area contributed by atoms with Gasteiger partial charge < -0.3 is 10.2 Å². The monoisotopic (exact) mass is 292 g/mol. The Balaban J connectivity index is 1.80. The normalized spacial score (nSPS) is 23.0. The number of aryl methyl sites for hydroxylation is 1. The first-order valence-corrected chi connectivity index (χ1v) is 7.97. The predicted octanol–water partition coefficient (Wildman–Crippen LogP) is 2.35. The molecule has 2 heterocycles. The second kappa shape index (κ2) is 6.96. The fourth-order valence-corrected chi connectivity index (χ4v) is 3.11. The fourth-order valence-electron chi connectivity index (χ4n) is 3.11. The molecule has 2 rings (SSSR count). The number of carbonyl (C=O) groups is 1. The topological polar surface area (TPSA) is 50.2 Å². The first kappa shape index (κ1) is 15.9. The Kier molecular flexibility index (Phi) is 5.26. The van der Waals surface area contributed by atoms with E-state index in [1.807, 2.05) is 22.8 Å². The first-order chi connectivity index (χ1) is 9.97. The van der Waals surface area contributed by atoms with Gasteiger partial charge >= 0.3 is 6.03 Å². The van der Waals surface area contributed by atoms with Crippen LogP contribution in [0.5, 0.6) is 0 Å². The van der Waals surface area contributed by atoms with Crippen molar-refractivity contribution in [3.8, 4) is 0 Å². The van der Waals surface area contributed by atoms with Crippen molar-refractivity contribution in [2.24, 2.45) is 18.9 Å². The molecule has 0 saturated carbocycles. The highest BCUT2D eigenvalue weighted by Crippen LogP contribution is 2.21. The summed E-state index contributed by atoms with van der Waals surface area (Å²) < 4.78 is 1.87. The summed E-state index contributed by atoms with van der Waals surface area (Å²) in [5.74, 6) is 1.31. The largest absolute Gasteiger partial charge is 0.338 e. The number of carbonyl (C=O) groups excluding carboxylic acids is 1. The minimum atomic E-state index is 0.0810. The molecule has 0 aliphatic carbocycles. The zero-order valence-electron chi connectivity index (χ0n) is 13.7. The van der Waals surface area contributed by atoms with Gasteiger partial charge in [0, 0.05) is 32.4 Å². The van der Waals surface area contributed by atoms with Crippen LogP contribution in [0, 0.1) is 18.8 Å². The molecule has 0 radical (unpaired) electrons. The summed E-state index contributed by atoms with van der Waals surface area (Å²) in [4.78, 5) is 14.3. The van der Waals surface area contributed by atoms with E-state index < -0.39 is 0 Å². The van der Waals surface area contributed by atoms with Crippen LogP contribution in [0.1, 0.15) is 37.9 Å². The molecule has 1 aromatic heterocycles. The summed E-state index contributed by atoms with van der Waals surface area (Å²) in [6, 6.07) is 0.0810. The fraction of sp³-hybridized carbons (Fsp3) is 0.750. The van der Waals surface area contributed by atoms with Gasteiger partial charge in [0.05, 0.1) is 6.20 Å². The van der Waals surface area contributed by atoms with Crippen LogP contribution in [0.2, 0.25) is 0 Å². The Labute approximate surface area is 127 Å². The van der Waals surface area contributed by atoms with E-state index >= 15 is 0 Å². The van der Waals surface area contributed by atoms with E-state index in [4.69, 9.17) is 0 Å². The number of likely N-dealkylation sites (tertiary alicyclic amines) is 1. The van der Waals surface area contributed by atoms with E-state index in [2.05, 4.69) is 31.2 Å². The van der Waals surface area contributed by atoms with Crippen LogP contribution in [-0.4, -0.2) is 40.3 Å². The summed E-state index contributed by atoms with van der Waals surface area (Å²) in [5.41, 5.74) is 2.37. The van der Waals surface area contributed by atoms with E-state index in [1.54, 1.807) is 0 Å². The number of hydrogen-bond donors (Lipinski definition) is 1. The van der Waals surface area contributed by atoms with Crippen molar-refractivity contribution in [1.82, 2.24) is 20.0 Å². The lowest BCUT2D eigenvalue weighted by molar-refractivity contribution is 0.194. The van der Waals surface area contributed by atoms with Gasteiger partial charge in [-0.25, -0.2) is 4.79 Å². The number of nitrogens with one attached hydrogen (secondary N) is 1. The second-order valence-electron chi connectivity index (χ2n) is 6.54. The lowest BCUT2D eigenvalue weighted by Crippen LogP contribution is -2.42. The van der Waals surface area contributed by atoms with Gasteiger partial charge in [-0.1, -0.05) is 13.8 Å². The van der Waals surface area contributed by atoms with Crippen molar-refractivity contribution in [3.05, 3.63) is 17.5 Å². The van der Waals surface area contributed by atoms with E-state index in [-0.39, 0.29) is 6.03 Å². The SMILES string of the molecule is Cc1c(CCNC(=O)N2CCC(C)CC(C)C2)cnn1C.